The first-order valence-electron chi connectivity index (χ1n) is 7.24. The molecule has 0 radical (unpaired) electrons. The molecule has 1 aromatic carbocycles. The number of rotatable bonds is 5. The molecular weight excluding hydrogens is 308 g/mol. The van der Waals surface area contributed by atoms with Crippen LogP contribution in [0.1, 0.15) is 31.4 Å². The van der Waals surface area contributed by atoms with Crippen LogP contribution in [0.4, 0.5) is 4.79 Å². The molecule has 2 N–H and O–H groups in total. The van der Waals surface area contributed by atoms with E-state index in [0.717, 1.165) is 24.2 Å². The van der Waals surface area contributed by atoms with Crippen LogP contribution in [0, 0.1) is 0 Å². The van der Waals surface area contributed by atoms with E-state index in [-0.39, 0.29) is 18.7 Å². The lowest BCUT2D eigenvalue weighted by Gasteiger charge is -2.29. The fourth-order valence-electron chi connectivity index (χ4n) is 2.46. The molecule has 4 nitrogen and oxygen atoms in total. The molecule has 2 rings (SSSR count). The summed E-state index contributed by atoms with van der Waals surface area (Å²) in [7, 11) is 0. The second-order valence-electron chi connectivity index (χ2n) is 5.03. The highest BCUT2D eigenvalue weighted by Crippen LogP contribution is 2.37. The topological polar surface area (TPSA) is 52.6 Å². The summed E-state index contributed by atoms with van der Waals surface area (Å²) in [5.74, 6) is 0.980. The van der Waals surface area contributed by atoms with Gasteiger partial charge in [-0.2, -0.15) is 0 Å². The summed E-state index contributed by atoms with van der Waals surface area (Å²) >= 11 is 7.87. The van der Waals surface area contributed by atoms with Gasteiger partial charge in [-0.25, -0.2) is 4.79 Å². The van der Waals surface area contributed by atoms with Crippen LogP contribution in [0.15, 0.2) is 23.1 Å². The molecule has 0 fully saturated rings. The maximum absolute atomic E-state index is 12.3. The standard InChI is InChI=1S/C15H21ClN2O2S/c1-2-6-18(7-8-19)15(20)17-13-5-9-21-14-4-3-11(16)10-12(13)14/h3-4,10,13,19H,2,5-9H2,1H3,(H,17,20). The number of aliphatic hydroxyl groups is 1. The first-order chi connectivity index (χ1) is 10.2. The van der Waals surface area contributed by atoms with Crippen molar-refractivity contribution < 1.29 is 9.90 Å². The summed E-state index contributed by atoms with van der Waals surface area (Å²) < 4.78 is 0. The lowest BCUT2D eigenvalue weighted by Crippen LogP contribution is -2.44. The molecule has 1 atom stereocenters. The van der Waals surface area contributed by atoms with E-state index >= 15 is 0 Å². The summed E-state index contributed by atoms with van der Waals surface area (Å²) in [6.45, 7) is 3.01. The minimum absolute atomic E-state index is 0.00880. The molecule has 0 spiro atoms. The molecule has 1 aliphatic heterocycles. The number of halogens is 1. The molecule has 0 aliphatic carbocycles. The minimum Gasteiger partial charge on any atom is -0.395 e. The Morgan fingerprint density at radius 1 is 1.52 bits per heavy atom. The van der Waals surface area contributed by atoms with Crippen molar-refractivity contribution in [1.29, 1.82) is 0 Å². The van der Waals surface area contributed by atoms with Crippen LogP contribution in [-0.2, 0) is 0 Å². The number of hydrogen-bond donors (Lipinski definition) is 2. The van der Waals surface area contributed by atoms with Gasteiger partial charge in [0.1, 0.15) is 0 Å². The van der Waals surface area contributed by atoms with E-state index in [2.05, 4.69) is 5.32 Å². The number of aliphatic hydroxyl groups excluding tert-OH is 1. The van der Waals surface area contributed by atoms with Crippen LogP contribution in [0.25, 0.3) is 0 Å². The van der Waals surface area contributed by atoms with Gasteiger partial charge in [0.15, 0.2) is 0 Å². The zero-order chi connectivity index (χ0) is 15.2. The van der Waals surface area contributed by atoms with Gasteiger partial charge < -0.3 is 15.3 Å². The molecule has 1 aromatic rings. The number of carbonyl (C=O) groups is 1. The van der Waals surface area contributed by atoms with E-state index in [4.69, 9.17) is 16.7 Å². The lowest BCUT2D eigenvalue weighted by atomic mass is 10.0. The monoisotopic (exact) mass is 328 g/mol. The van der Waals surface area contributed by atoms with Crippen molar-refractivity contribution in [2.45, 2.75) is 30.7 Å². The zero-order valence-corrected chi connectivity index (χ0v) is 13.7. The van der Waals surface area contributed by atoms with Crippen molar-refractivity contribution in [2.75, 3.05) is 25.4 Å². The third-order valence-corrected chi connectivity index (χ3v) is 4.82. The van der Waals surface area contributed by atoms with Crippen LogP contribution in [-0.4, -0.2) is 41.5 Å². The molecule has 1 unspecified atom stereocenters. The smallest absolute Gasteiger partial charge is 0.317 e. The van der Waals surface area contributed by atoms with Gasteiger partial charge in [0.25, 0.3) is 0 Å². The van der Waals surface area contributed by atoms with Gasteiger partial charge in [-0.1, -0.05) is 18.5 Å². The molecule has 2 amide bonds. The molecule has 0 saturated heterocycles. The van der Waals surface area contributed by atoms with Crippen molar-refractivity contribution >= 4 is 29.4 Å². The van der Waals surface area contributed by atoms with Gasteiger partial charge in [-0.3, -0.25) is 0 Å². The molecule has 116 valence electrons. The van der Waals surface area contributed by atoms with E-state index in [1.165, 1.54) is 4.90 Å². The molecule has 21 heavy (non-hydrogen) atoms. The van der Waals surface area contributed by atoms with Crippen molar-refractivity contribution in [2.24, 2.45) is 0 Å². The van der Waals surface area contributed by atoms with E-state index in [1.54, 1.807) is 16.7 Å². The van der Waals surface area contributed by atoms with Crippen molar-refractivity contribution in [3.8, 4) is 0 Å². The summed E-state index contributed by atoms with van der Waals surface area (Å²) in [5.41, 5.74) is 1.09. The van der Waals surface area contributed by atoms with Crippen LogP contribution < -0.4 is 5.32 Å². The number of urea groups is 1. The average molecular weight is 329 g/mol. The highest BCUT2D eigenvalue weighted by atomic mass is 35.5. The van der Waals surface area contributed by atoms with E-state index in [0.29, 0.717) is 18.1 Å². The number of fused-ring (bicyclic) bond motifs is 1. The number of amides is 2. The Kier molecular flexibility index (Phi) is 6.21. The summed E-state index contributed by atoms with van der Waals surface area (Å²) in [6, 6.07) is 5.70. The molecule has 6 heteroatoms. The van der Waals surface area contributed by atoms with E-state index < -0.39 is 0 Å². The van der Waals surface area contributed by atoms with Crippen LogP contribution >= 0.6 is 23.4 Å². The molecule has 0 saturated carbocycles. The maximum atomic E-state index is 12.3. The predicted molar refractivity (Wildman–Crippen MR) is 87.0 cm³/mol. The Bertz CT molecular complexity index is 493. The fourth-order valence-corrected chi connectivity index (χ4v) is 3.75. The second-order valence-corrected chi connectivity index (χ2v) is 6.61. The van der Waals surface area contributed by atoms with E-state index in [1.807, 2.05) is 25.1 Å². The molecule has 0 bridgehead atoms. The van der Waals surface area contributed by atoms with Gasteiger partial charge in [0.05, 0.1) is 12.6 Å². The van der Waals surface area contributed by atoms with Gasteiger partial charge in [0.2, 0.25) is 0 Å². The minimum atomic E-state index is -0.117. The highest BCUT2D eigenvalue weighted by molar-refractivity contribution is 7.99. The van der Waals surface area contributed by atoms with Crippen molar-refractivity contribution in [3.63, 3.8) is 0 Å². The van der Waals surface area contributed by atoms with Crippen LogP contribution in [0.5, 0.6) is 0 Å². The Morgan fingerprint density at radius 2 is 2.33 bits per heavy atom. The number of carbonyl (C=O) groups excluding carboxylic acids is 1. The summed E-state index contributed by atoms with van der Waals surface area (Å²) in [6.07, 6.45) is 1.76. The number of nitrogens with one attached hydrogen (secondary N) is 1. The number of nitrogens with zero attached hydrogens (tertiary/aromatic N) is 1. The summed E-state index contributed by atoms with van der Waals surface area (Å²) in [5, 5.41) is 12.8. The third-order valence-electron chi connectivity index (χ3n) is 3.46. The first-order valence-corrected chi connectivity index (χ1v) is 8.60. The van der Waals surface area contributed by atoms with Gasteiger partial charge in [-0.05, 0) is 36.6 Å². The molecule has 0 aromatic heterocycles. The van der Waals surface area contributed by atoms with E-state index in [9.17, 15) is 4.79 Å². The molecule has 1 aliphatic rings. The third kappa shape index (κ3) is 4.28. The first kappa shape index (κ1) is 16.5. The largest absolute Gasteiger partial charge is 0.395 e. The average Bonchev–Trinajstić information content (AvgIpc) is 2.47. The second kappa shape index (κ2) is 7.92. The highest BCUT2D eigenvalue weighted by Gasteiger charge is 2.24. The fraction of sp³-hybridized carbons (Fsp3) is 0.533. The van der Waals surface area contributed by atoms with Gasteiger partial charge in [-0.15, -0.1) is 11.8 Å². The predicted octanol–water partition coefficient (Wildman–Crippen LogP) is 3.29. The lowest BCUT2D eigenvalue weighted by molar-refractivity contribution is 0.173. The van der Waals surface area contributed by atoms with Gasteiger partial charge in [0, 0.05) is 28.8 Å². The number of hydrogen-bond acceptors (Lipinski definition) is 3. The summed E-state index contributed by atoms with van der Waals surface area (Å²) in [4.78, 5) is 15.2. The zero-order valence-electron chi connectivity index (χ0n) is 12.1. The Morgan fingerprint density at radius 3 is 3.05 bits per heavy atom. The van der Waals surface area contributed by atoms with Gasteiger partial charge >= 0.3 is 6.03 Å². The SMILES string of the molecule is CCCN(CCO)C(=O)NC1CCSc2ccc(Cl)cc21. The quantitative estimate of drug-likeness (QED) is 0.872. The number of thioether (sulfide) groups is 1. The normalized spacial score (nSPS) is 17.2. The Balaban J connectivity index is 2.09. The molecule has 1 heterocycles. The molecular formula is C15H21ClN2O2S. The Hall–Kier alpha value is -0.910. The van der Waals surface area contributed by atoms with Crippen LogP contribution in [0.2, 0.25) is 5.02 Å². The van der Waals surface area contributed by atoms with Crippen molar-refractivity contribution in [3.05, 3.63) is 28.8 Å². The maximum Gasteiger partial charge on any atom is 0.317 e. The van der Waals surface area contributed by atoms with Crippen molar-refractivity contribution in [1.82, 2.24) is 10.2 Å². The number of benzene rings is 1. The Labute approximate surface area is 134 Å². The van der Waals surface area contributed by atoms with Crippen LogP contribution in [0.3, 0.4) is 0 Å².